The van der Waals surface area contributed by atoms with E-state index in [1.54, 1.807) is 17.8 Å². The van der Waals surface area contributed by atoms with Crippen molar-refractivity contribution in [2.24, 2.45) is 0 Å². The molecule has 0 spiro atoms. The first-order valence-corrected chi connectivity index (χ1v) is 12.0. The lowest BCUT2D eigenvalue weighted by Crippen LogP contribution is -2.03. The fourth-order valence-corrected chi connectivity index (χ4v) is 4.05. The van der Waals surface area contributed by atoms with Crippen LogP contribution < -0.4 is 14.8 Å². The van der Waals surface area contributed by atoms with Gasteiger partial charge in [-0.15, -0.1) is 0 Å². The van der Waals surface area contributed by atoms with Gasteiger partial charge in [0.15, 0.2) is 0 Å². The number of hydrogen-bond acceptors (Lipinski definition) is 6. The summed E-state index contributed by atoms with van der Waals surface area (Å²) in [6.07, 6.45) is 6.82. The summed E-state index contributed by atoms with van der Waals surface area (Å²) in [7, 11) is 0. The molecular formula is C24H25F2N3O2S. The fraction of sp³-hybridized carbons (Fsp3) is 0.333. The van der Waals surface area contributed by atoms with Crippen molar-refractivity contribution < 1.29 is 18.3 Å². The number of hydrogen-bond donors (Lipinski definition) is 1. The first kappa shape index (κ1) is 22.3. The molecular weight excluding hydrogens is 432 g/mol. The third-order valence-corrected chi connectivity index (χ3v) is 5.69. The number of aromatic nitrogens is 2. The third kappa shape index (κ3) is 5.68. The van der Waals surface area contributed by atoms with Crippen molar-refractivity contribution >= 4 is 23.4 Å². The van der Waals surface area contributed by atoms with Crippen molar-refractivity contribution in [1.29, 1.82) is 0 Å². The second kappa shape index (κ2) is 10.6. The quantitative estimate of drug-likeness (QED) is 0.483. The van der Waals surface area contributed by atoms with Gasteiger partial charge in [0.2, 0.25) is 5.88 Å². The van der Waals surface area contributed by atoms with Gasteiger partial charge < -0.3 is 14.8 Å². The van der Waals surface area contributed by atoms with Crippen molar-refractivity contribution in [1.82, 2.24) is 9.97 Å². The minimum absolute atomic E-state index is 0.276. The Hall–Kier alpha value is -2.87. The van der Waals surface area contributed by atoms with Gasteiger partial charge in [0.1, 0.15) is 29.0 Å². The van der Waals surface area contributed by atoms with E-state index in [9.17, 15) is 8.78 Å². The smallest absolute Gasteiger partial charge is 0.215 e. The average Bonchev–Trinajstić information content (AvgIpc) is 2.77. The number of halogens is 2. The van der Waals surface area contributed by atoms with E-state index >= 15 is 0 Å². The van der Waals surface area contributed by atoms with E-state index in [0.29, 0.717) is 42.0 Å². The van der Waals surface area contributed by atoms with Gasteiger partial charge in [-0.05, 0) is 61.8 Å². The molecule has 1 aromatic carbocycles. The van der Waals surface area contributed by atoms with Crippen molar-refractivity contribution in [2.75, 3.05) is 24.8 Å². The lowest BCUT2D eigenvalue weighted by molar-refractivity contribution is 0.281. The fourth-order valence-electron chi connectivity index (χ4n) is 3.55. The van der Waals surface area contributed by atoms with E-state index in [1.165, 1.54) is 18.2 Å². The van der Waals surface area contributed by atoms with Gasteiger partial charge >= 0.3 is 0 Å². The Bertz CT molecular complexity index is 1080. The van der Waals surface area contributed by atoms with Gasteiger partial charge in [-0.1, -0.05) is 0 Å². The number of pyridine rings is 2. The molecule has 0 saturated heterocycles. The van der Waals surface area contributed by atoms with Gasteiger partial charge in [-0.2, -0.15) is 16.7 Å². The topological polar surface area (TPSA) is 56.3 Å². The Balaban J connectivity index is 1.74. The summed E-state index contributed by atoms with van der Waals surface area (Å²) in [6.45, 7) is 0.999. The number of rotatable bonds is 2. The molecule has 1 aliphatic rings. The number of nitrogens with one attached hydrogen (secondary N) is 1. The van der Waals surface area contributed by atoms with Crippen molar-refractivity contribution in [3.63, 3.8) is 0 Å². The summed E-state index contributed by atoms with van der Waals surface area (Å²) in [5.41, 5.74) is 1.82. The van der Waals surface area contributed by atoms with Crippen LogP contribution in [0.25, 0.3) is 11.1 Å². The maximum atomic E-state index is 14.7. The third-order valence-electron chi connectivity index (χ3n) is 5.06. The van der Waals surface area contributed by atoms with E-state index in [4.69, 9.17) is 9.47 Å². The molecule has 5 nitrogen and oxygen atoms in total. The highest BCUT2D eigenvalue weighted by Gasteiger charge is 2.15. The van der Waals surface area contributed by atoms with Crippen LogP contribution in [0.1, 0.15) is 31.2 Å². The molecule has 168 valence electrons. The van der Waals surface area contributed by atoms with Crippen LogP contribution in [0.3, 0.4) is 0 Å². The van der Waals surface area contributed by atoms with Crippen molar-refractivity contribution in [3.8, 4) is 22.8 Å². The zero-order valence-electron chi connectivity index (χ0n) is 17.9. The molecule has 3 heterocycles. The number of fused-ring (bicyclic) bond motifs is 6. The van der Waals surface area contributed by atoms with Crippen molar-refractivity contribution in [3.05, 3.63) is 59.8 Å². The molecule has 0 fully saturated rings. The average molecular weight is 458 g/mol. The SMILES string of the molecule is CSCc1cc2nc(c1)OCCCCCCOc1cc(F)ccc1-c1cc(ncc1F)N2. The van der Waals surface area contributed by atoms with Crippen LogP contribution in [-0.2, 0) is 5.75 Å². The molecule has 1 aliphatic heterocycles. The molecule has 1 N–H and O–H groups in total. The Morgan fingerprint density at radius 3 is 2.56 bits per heavy atom. The summed E-state index contributed by atoms with van der Waals surface area (Å²) in [5, 5.41) is 3.15. The molecule has 4 bridgehead atoms. The molecule has 2 aromatic heterocycles. The van der Waals surface area contributed by atoms with Crippen LogP contribution in [0.5, 0.6) is 11.6 Å². The summed E-state index contributed by atoms with van der Waals surface area (Å²) in [5.74, 6) is 1.72. The van der Waals surface area contributed by atoms with Gasteiger partial charge in [-0.3, -0.25) is 0 Å². The highest BCUT2D eigenvalue weighted by Crippen LogP contribution is 2.34. The Kier molecular flexibility index (Phi) is 7.42. The second-order valence-corrected chi connectivity index (χ2v) is 8.42. The van der Waals surface area contributed by atoms with Gasteiger partial charge in [-0.25, -0.2) is 13.8 Å². The van der Waals surface area contributed by atoms with E-state index in [2.05, 4.69) is 15.3 Å². The lowest BCUT2D eigenvalue weighted by Gasteiger charge is -2.14. The van der Waals surface area contributed by atoms with E-state index in [-0.39, 0.29) is 5.56 Å². The summed E-state index contributed by atoms with van der Waals surface area (Å²) < 4.78 is 40.3. The minimum atomic E-state index is -0.516. The van der Waals surface area contributed by atoms with Gasteiger partial charge in [0.05, 0.1) is 19.4 Å². The normalized spacial score (nSPS) is 14.3. The Morgan fingerprint density at radius 1 is 0.938 bits per heavy atom. The molecule has 0 saturated carbocycles. The minimum Gasteiger partial charge on any atom is -0.493 e. The van der Waals surface area contributed by atoms with E-state index in [0.717, 1.165) is 43.2 Å². The molecule has 32 heavy (non-hydrogen) atoms. The monoisotopic (exact) mass is 457 g/mol. The zero-order chi connectivity index (χ0) is 22.3. The predicted molar refractivity (Wildman–Crippen MR) is 124 cm³/mol. The summed E-state index contributed by atoms with van der Waals surface area (Å²) in [4.78, 5) is 8.70. The Morgan fingerprint density at radius 2 is 1.75 bits per heavy atom. The highest BCUT2D eigenvalue weighted by molar-refractivity contribution is 7.97. The number of benzene rings is 1. The predicted octanol–water partition coefficient (Wildman–Crippen LogP) is 6.36. The maximum absolute atomic E-state index is 14.7. The number of ether oxygens (including phenoxy) is 2. The molecule has 0 radical (unpaired) electrons. The van der Waals surface area contributed by atoms with Crippen LogP contribution in [0.15, 0.2) is 42.6 Å². The summed E-state index contributed by atoms with van der Waals surface area (Å²) in [6, 6.07) is 9.58. The van der Waals surface area contributed by atoms with Crippen LogP contribution in [0.4, 0.5) is 20.4 Å². The molecule has 8 heteroatoms. The van der Waals surface area contributed by atoms with Crippen LogP contribution >= 0.6 is 11.8 Å². The van der Waals surface area contributed by atoms with Gasteiger partial charge in [0.25, 0.3) is 0 Å². The molecule has 0 unspecified atom stereocenters. The first-order valence-electron chi connectivity index (χ1n) is 10.6. The zero-order valence-corrected chi connectivity index (χ0v) is 18.7. The number of nitrogens with zero attached hydrogens (tertiary/aromatic N) is 2. The Labute approximate surface area is 190 Å². The number of thioether (sulfide) groups is 1. The largest absolute Gasteiger partial charge is 0.493 e. The van der Waals surface area contributed by atoms with E-state index in [1.807, 2.05) is 18.4 Å². The maximum Gasteiger partial charge on any atom is 0.215 e. The van der Waals surface area contributed by atoms with Crippen molar-refractivity contribution in [2.45, 2.75) is 31.4 Å². The molecule has 3 aromatic rings. The molecule has 0 atom stereocenters. The highest BCUT2D eigenvalue weighted by atomic mass is 32.2. The molecule has 0 aliphatic carbocycles. The standard InChI is InChI=1S/C24H25F2N3O2S/c1-32-15-16-10-23-28-22-13-19(20(26)14-27-22)18-7-6-17(25)12-21(18)30-8-4-2-3-5-9-31-24(11-16)29-23/h6-7,10-14H,2-5,8-9,15H2,1H3,(H,27,28,29). The summed E-state index contributed by atoms with van der Waals surface area (Å²) >= 11 is 1.70. The number of anilines is 2. The molecule has 4 rings (SSSR count). The van der Waals surface area contributed by atoms with Crippen LogP contribution in [0.2, 0.25) is 0 Å². The van der Waals surface area contributed by atoms with Crippen LogP contribution in [-0.4, -0.2) is 29.4 Å². The lowest BCUT2D eigenvalue weighted by atomic mass is 10.0. The van der Waals surface area contributed by atoms with Gasteiger partial charge in [0, 0.05) is 29.0 Å². The second-order valence-electron chi connectivity index (χ2n) is 7.56. The molecule has 0 amide bonds. The van der Waals surface area contributed by atoms with Crippen LogP contribution in [0, 0.1) is 11.6 Å². The first-order chi connectivity index (χ1) is 15.6. The van der Waals surface area contributed by atoms with E-state index < -0.39 is 11.6 Å².